The van der Waals surface area contributed by atoms with Crippen LogP contribution in [0.15, 0.2) is 48.5 Å². The molecule has 0 spiro atoms. The van der Waals surface area contributed by atoms with E-state index in [1.807, 2.05) is 0 Å². The van der Waals surface area contributed by atoms with E-state index in [-0.39, 0.29) is 5.91 Å². The fourth-order valence-electron chi connectivity index (χ4n) is 2.97. The number of carbonyl (C=O) groups is 1. The van der Waals surface area contributed by atoms with E-state index in [4.69, 9.17) is 5.73 Å². The maximum absolute atomic E-state index is 12.0. The molecule has 6 heteroatoms. The summed E-state index contributed by atoms with van der Waals surface area (Å²) in [5.41, 5.74) is 8.97. The van der Waals surface area contributed by atoms with Crippen molar-refractivity contribution in [2.75, 3.05) is 24.7 Å². The number of thioether (sulfide) groups is 1. The Kier molecular flexibility index (Phi) is 5.96. The molecule has 0 radical (unpaired) electrons. The van der Waals surface area contributed by atoms with Crippen molar-refractivity contribution in [2.45, 2.75) is 18.4 Å². The van der Waals surface area contributed by atoms with Gasteiger partial charge in [-0.15, -0.1) is 11.8 Å². The predicted molar refractivity (Wildman–Crippen MR) is 102 cm³/mol. The SMILES string of the molecule is Nc1cccc(C(=O)NCS[C@H](O)CN2CCc3ccccc3C2)c1. The predicted octanol–water partition coefficient (Wildman–Crippen LogP) is 2.07. The van der Waals surface area contributed by atoms with E-state index in [9.17, 15) is 9.90 Å². The summed E-state index contributed by atoms with van der Waals surface area (Å²) in [7, 11) is 0. The number of nitrogen functional groups attached to an aromatic ring is 1. The molecule has 0 unspecified atom stereocenters. The lowest BCUT2D eigenvalue weighted by Gasteiger charge is -2.30. The second kappa shape index (κ2) is 8.38. The third-order valence-corrected chi connectivity index (χ3v) is 5.13. The molecule has 132 valence electrons. The van der Waals surface area contributed by atoms with Gasteiger partial charge in [0, 0.05) is 30.9 Å². The number of nitrogens with zero attached hydrogens (tertiary/aromatic N) is 1. The molecular weight excluding hydrogens is 334 g/mol. The van der Waals surface area contributed by atoms with Crippen molar-refractivity contribution in [2.24, 2.45) is 0 Å². The molecule has 0 bridgehead atoms. The molecule has 0 aliphatic carbocycles. The number of amides is 1. The zero-order chi connectivity index (χ0) is 17.6. The lowest BCUT2D eigenvalue weighted by atomic mass is 10.0. The van der Waals surface area contributed by atoms with Crippen molar-refractivity contribution in [1.29, 1.82) is 0 Å². The highest BCUT2D eigenvalue weighted by atomic mass is 32.2. The van der Waals surface area contributed by atoms with E-state index in [1.165, 1.54) is 22.9 Å². The molecule has 0 fully saturated rings. The van der Waals surface area contributed by atoms with Gasteiger partial charge in [0.05, 0.1) is 5.88 Å². The zero-order valence-corrected chi connectivity index (χ0v) is 14.8. The van der Waals surface area contributed by atoms with Crippen LogP contribution in [0.2, 0.25) is 0 Å². The highest BCUT2D eigenvalue weighted by molar-refractivity contribution is 7.99. The Morgan fingerprint density at radius 2 is 2.04 bits per heavy atom. The number of hydrogen-bond acceptors (Lipinski definition) is 5. The summed E-state index contributed by atoms with van der Waals surface area (Å²) >= 11 is 1.33. The van der Waals surface area contributed by atoms with Gasteiger partial charge in [0.25, 0.3) is 5.91 Å². The zero-order valence-electron chi connectivity index (χ0n) is 14.0. The molecule has 0 aromatic heterocycles. The number of anilines is 1. The second-order valence-corrected chi connectivity index (χ2v) is 7.32. The topological polar surface area (TPSA) is 78.6 Å². The fraction of sp³-hybridized carbons (Fsp3) is 0.316. The number of aliphatic hydroxyl groups is 1. The molecule has 25 heavy (non-hydrogen) atoms. The minimum absolute atomic E-state index is 0.182. The third kappa shape index (κ3) is 4.98. The van der Waals surface area contributed by atoms with E-state index < -0.39 is 5.44 Å². The van der Waals surface area contributed by atoms with Crippen molar-refractivity contribution >= 4 is 23.4 Å². The average Bonchev–Trinajstić information content (AvgIpc) is 2.61. The van der Waals surface area contributed by atoms with Crippen molar-refractivity contribution < 1.29 is 9.90 Å². The van der Waals surface area contributed by atoms with Crippen molar-refractivity contribution in [3.05, 3.63) is 65.2 Å². The van der Waals surface area contributed by atoms with Gasteiger partial charge < -0.3 is 16.2 Å². The Hall–Kier alpha value is -2.02. The highest BCUT2D eigenvalue weighted by Crippen LogP contribution is 2.20. The van der Waals surface area contributed by atoms with Crippen LogP contribution in [0.5, 0.6) is 0 Å². The number of hydrogen-bond donors (Lipinski definition) is 3. The van der Waals surface area contributed by atoms with Crippen LogP contribution in [0.4, 0.5) is 5.69 Å². The summed E-state index contributed by atoms with van der Waals surface area (Å²) in [6, 6.07) is 15.3. The van der Waals surface area contributed by atoms with E-state index >= 15 is 0 Å². The standard InChI is InChI=1S/C19H23N3O2S/c20-17-7-3-6-15(10-17)19(24)21-13-25-18(23)12-22-9-8-14-4-1-2-5-16(14)11-22/h1-7,10,18,23H,8-9,11-13,20H2,(H,21,24)/t18-/m0/s1. The number of carbonyl (C=O) groups excluding carboxylic acids is 1. The minimum Gasteiger partial charge on any atom is -0.399 e. The van der Waals surface area contributed by atoms with Crippen LogP contribution in [-0.4, -0.2) is 40.3 Å². The molecule has 1 amide bonds. The summed E-state index contributed by atoms with van der Waals surface area (Å²) in [5, 5.41) is 13.0. The molecule has 3 rings (SSSR count). The van der Waals surface area contributed by atoms with E-state index in [0.717, 1.165) is 19.5 Å². The van der Waals surface area contributed by atoms with Crippen molar-refractivity contribution in [1.82, 2.24) is 10.2 Å². The average molecular weight is 357 g/mol. The van der Waals surface area contributed by atoms with Gasteiger partial charge in [-0.1, -0.05) is 30.3 Å². The Bertz CT molecular complexity index is 738. The van der Waals surface area contributed by atoms with Gasteiger partial charge >= 0.3 is 0 Å². The third-order valence-electron chi connectivity index (χ3n) is 4.28. The van der Waals surface area contributed by atoms with Crippen LogP contribution in [-0.2, 0) is 13.0 Å². The summed E-state index contributed by atoms with van der Waals surface area (Å²) in [6.07, 6.45) is 1.01. The van der Waals surface area contributed by atoms with Crippen LogP contribution in [0.25, 0.3) is 0 Å². The van der Waals surface area contributed by atoms with E-state index in [1.54, 1.807) is 24.3 Å². The first kappa shape index (κ1) is 17.8. The van der Waals surface area contributed by atoms with Gasteiger partial charge in [0.1, 0.15) is 5.44 Å². The molecule has 5 nitrogen and oxygen atoms in total. The number of fused-ring (bicyclic) bond motifs is 1. The van der Waals surface area contributed by atoms with Crippen LogP contribution in [0, 0.1) is 0 Å². The first-order valence-electron chi connectivity index (χ1n) is 8.34. The Morgan fingerprint density at radius 1 is 1.24 bits per heavy atom. The largest absolute Gasteiger partial charge is 0.399 e. The lowest BCUT2D eigenvalue weighted by molar-refractivity contribution is 0.0960. The normalized spacial score (nSPS) is 15.4. The Morgan fingerprint density at radius 3 is 2.84 bits per heavy atom. The quantitative estimate of drug-likeness (QED) is 0.545. The van der Waals surface area contributed by atoms with E-state index in [0.29, 0.717) is 23.7 Å². The highest BCUT2D eigenvalue weighted by Gasteiger charge is 2.18. The number of aliphatic hydroxyl groups excluding tert-OH is 1. The van der Waals surface area contributed by atoms with Gasteiger partial charge in [-0.25, -0.2) is 0 Å². The summed E-state index contributed by atoms with van der Waals surface area (Å²) in [5.74, 6) is 0.179. The van der Waals surface area contributed by atoms with Gasteiger partial charge in [0.2, 0.25) is 0 Å². The number of β-amino-alcohol motifs (C(OH)–C–C–N with tert-alkyl or cyclic N) is 1. The molecular formula is C19H23N3O2S. The van der Waals surface area contributed by atoms with Gasteiger partial charge in [0.15, 0.2) is 0 Å². The Balaban J connectivity index is 1.41. The van der Waals surface area contributed by atoms with Crippen molar-refractivity contribution in [3.8, 4) is 0 Å². The van der Waals surface area contributed by atoms with Crippen LogP contribution in [0.1, 0.15) is 21.5 Å². The van der Waals surface area contributed by atoms with Crippen LogP contribution in [0.3, 0.4) is 0 Å². The second-order valence-electron chi connectivity index (χ2n) is 6.15. The first-order chi connectivity index (χ1) is 12.1. The molecule has 1 heterocycles. The molecule has 1 aliphatic rings. The molecule has 1 aliphatic heterocycles. The maximum atomic E-state index is 12.0. The smallest absolute Gasteiger partial charge is 0.252 e. The van der Waals surface area contributed by atoms with E-state index in [2.05, 4.69) is 34.5 Å². The van der Waals surface area contributed by atoms with Gasteiger partial charge in [-0.3, -0.25) is 9.69 Å². The minimum atomic E-state index is -0.536. The molecule has 0 saturated carbocycles. The summed E-state index contributed by atoms with van der Waals surface area (Å²) < 4.78 is 0. The number of nitrogens with one attached hydrogen (secondary N) is 1. The molecule has 1 atom stereocenters. The summed E-state index contributed by atoms with van der Waals surface area (Å²) in [6.45, 7) is 2.40. The monoisotopic (exact) mass is 357 g/mol. The maximum Gasteiger partial charge on any atom is 0.252 e. The van der Waals surface area contributed by atoms with Crippen LogP contribution >= 0.6 is 11.8 Å². The molecule has 4 N–H and O–H groups in total. The summed E-state index contributed by atoms with van der Waals surface area (Å²) in [4.78, 5) is 14.3. The lowest BCUT2D eigenvalue weighted by Crippen LogP contribution is -2.36. The Labute approximate surface area is 152 Å². The molecule has 2 aromatic rings. The number of rotatable bonds is 6. The van der Waals surface area contributed by atoms with Crippen molar-refractivity contribution in [3.63, 3.8) is 0 Å². The van der Waals surface area contributed by atoms with Gasteiger partial charge in [-0.2, -0.15) is 0 Å². The number of benzene rings is 2. The van der Waals surface area contributed by atoms with Crippen LogP contribution < -0.4 is 11.1 Å². The van der Waals surface area contributed by atoms with Gasteiger partial charge in [-0.05, 0) is 35.7 Å². The molecule has 2 aromatic carbocycles. The number of nitrogens with two attached hydrogens (primary N) is 1. The fourth-order valence-corrected chi connectivity index (χ4v) is 3.69. The first-order valence-corrected chi connectivity index (χ1v) is 9.39. The molecule has 0 saturated heterocycles.